The molecular weight excluding hydrogens is 416 g/mol. The molecule has 0 radical (unpaired) electrons. The highest BCUT2D eigenvalue weighted by Crippen LogP contribution is 2.65. The second kappa shape index (κ2) is 9.21. The third kappa shape index (κ3) is 4.17. The number of amides is 3. The fourth-order valence-electron chi connectivity index (χ4n) is 4.14. The van der Waals surface area contributed by atoms with Crippen LogP contribution < -0.4 is 4.90 Å². The molecule has 5 heteroatoms. The fourth-order valence-corrected chi connectivity index (χ4v) is 5.72. The Kier molecular flexibility index (Phi) is 6.38. The van der Waals surface area contributed by atoms with Crippen LogP contribution in [0.1, 0.15) is 25.0 Å². The molecule has 0 aromatic heterocycles. The van der Waals surface area contributed by atoms with E-state index in [2.05, 4.69) is 13.8 Å². The maximum absolute atomic E-state index is 14.2. The van der Waals surface area contributed by atoms with Gasteiger partial charge in [0.25, 0.3) is 5.91 Å². The molecular formula is C27H28N2O2S. The van der Waals surface area contributed by atoms with Crippen molar-refractivity contribution < 1.29 is 9.59 Å². The number of carbonyl (C=O) groups excluding carboxylic acids is 2. The van der Waals surface area contributed by atoms with Crippen molar-refractivity contribution in [2.45, 2.75) is 30.4 Å². The standard InChI is InChI=1S/C27H28N2O2S/c1-20(2)24-27(32-24,22-15-9-5-10-16-22)25(30)29(23-17-11-6-12-18-23)26(31)28(3)19-21-13-7-4-8-14-21/h4-18,20,24H,19H2,1-3H3/t24-,27+/m0/s1. The summed E-state index contributed by atoms with van der Waals surface area (Å²) in [6.07, 6.45) is 0. The van der Waals surface area contributed by atoms with Gasteiger partial charge in [0.05, 0.1) is 5.69 Å². The summed E-state index contributed by atoms with van der Waals surface area (Å²) in [5, 5.41) is 0.121. The summed E-state index contributed by atoms with van der Waals surface area (Å²) in [5.74, 6) is 0.127. The Morgan fingerprint density at radius 3 is 1.94 bits per heavy atom. The quantitative estimate of drug-likeness (QED) is 0.442. The van der Waals surface area contributed by atoms with E-state index in [1.807, 2.05) is 91.0 Å². The van der Waals surface area contributed by atoms with E-state index in [0.717, 1.165) is 11.1 Å². The van der Waals surface area contributed by atoms with Gasteiger partial charge in [0, 0.05) is 18.8 Å². The Hall–Kier alpha value is -3.05. The average Bonchev–Trinajstić information content (AvgIpc) is 3.59. The van der Waals surface area contributed by atoms with Gasteiger partial charge in [0.1, 0.15) is 4.75 Å². The monoisotopic (exact) mass is 444 g/mol. The van der Waals surface area contributed by atoms with Crippen LogP contribution in [0, 0.1) is 5.92 Å². The molecule has 2 atom stereocenters. The molecule has 0 saturated carbocycles. The topological polar surface area (TPSA) is 40.6 Å². The Morgan fingerprint density at radius 2 is 1.41 bits per heavy atom. The van der Waals surface area contributed by atoms with Crippen LogP contribution in [0.25, 0.3) is 0 Å². The molecule has 1 fully saturated rings. The highest BCUT2D eigenvalue weighted by molar-refractivity contribution is 8.09. The summed E-state index contributed by atoms with van der Waals surface area (Å²) >= 11 is 1.65. The molecule has 1 saturated heterocycles. The summed E-state index contributed by atoms with van der Waals surface area (Å²) in [4.78, 5) is 30.9. The summed E-state index contributed by atoms with van der Waals surface area (Å²) < 4.78 is -0.755. The predicted molar refractivity (Wildman–Crippen MR) is 132 cm³/mol. The molecule has 4 rings (SSSR count). The third-order valence-corrected chi connectivity index (χ3v) is 7.71. The molecule has 3 aromatic rings. The average molecular weight is 445 g/mol. The van der Waals surface area contributed by atoms with Gasteiger partial charge in [0.15, 0.2) is 0 Å². The molecule has 3 aromatic carbocycles. The van der Waals surface area contributed by atoms with Crippen LogP contribution in [-0.4, -0.2) is 29.1 Å². The van der Waals surface area contributed by atoms with Crippen molar-refractivity contribution in [1.29, 1.82) is 0 Å². The number of urea groups is 1. The minimum Gasteiger partial charge on any atom is -0.323 e. The molecule has 1 heterocycles. The van der Waals surface area contributed by atoms with Gasteiger partial charge in [-0.25, -0.2) is 9.69 Å². The Morgan fingerprint density at radius 1 is 0.875 bits per heavy atom. The van der Waals surface area contributed by atoms with E-state index in [0.29, 0.717) is 18.2 Å². The van der Waals surface area contributed by atoms with Gasteiger partial charge in [-0.3, -0.25) is 4.79 Å². The first kappa shape index (κ1) is 22.2. The lowest BCUT2D eigenvalue weighted by atomic mass is 9.89. The van der Waals surface area contributed by atoms with Crippen LogP contribution in [-0.2, 0) is 16.1 Å². The van der Waals surface area contributed by atoms with Gasteiger partial charge >= 0.3 is 6.03 Å². The van der Waals surface area contributed by atoms with Crippen molar-refractivity contribution in [2.75, 3.05) is 11.9 Å². The van der Waals surface area contributed by atoms with Crippen molar-refractivity contribution in [3.05, 3.63) is 102 Å². The van der Waals surface area contributed by atoms with Crippen LogP contribution in [0.15, 0.2) is 91.0 Å². The fraction of sp³-hybridized carbons (Fsp3) is 0.259. The highest BCUT2D eigenvalue weighted by Gasteiger charge is 2.65. The number of hydrogen-bond acceptors (Lipinski definition) is 3. The number of benzene rings is 3. The van der Waals surface area contributed by atoms with Crippen molar-refractivity contribution >= 4 is 29.4 Å². The Balaban J connectivity index is 1.72. The van der Waals surface area contributed by atoms with Crippen molar-refractivity contribution in [1.82, 2.24) is 4.90 Å². The van der Waals surface area contributed by atoms with E-state index in [4.69, 9.17) is 0 Å². The number of carbonyl (C=O) groups is 2. The Bertz CT molecular complexity index is 1070. The molecule has 0 unspecified atom stereocenters. The smallest absolute Gasteiger partial charge is 0.323 e. The van der Waals surface area contributed by atoms with Gasteiger partial charge < -0.3 is 4.90 Å². The normalized spacial score (nSPS) is 19.4. The van der Waals surface area contributed by atoms with Gasteiger partial charge in [-0.1, -0.05) is 92.7 Å². The zero-order valence-electron chi connectivity index (χ0n) is 18.6. The maximum Gasteiger partial charge on any atom is 0.331 e. The highest BCUT2D eigenvalue weighted by atomic mass is 32.2. The lowest BCUT2D eigenvalue weighted by molar-refractivity contribution is -0.119. The first-order valence-electron chi connectivity index (χ1n) is 10.9. The van der Waals surface area contributed by atoms with Crippen LogP contribution >= 0.6 is 11.8 Å². The van der Waals surface area contributed by atoms with Gasteiger partial charge in [-0.2, -0.15) is 0 Å². The number of para-hydroxylation sites is 1. The maximum atomic E-state index is 14.2. The molecule has 1 aliphatic rings. The first-order valence-corrected chi connectivity index (χ1v) is 11.7. The number of hydrogen-bond donors (Lipinski definition) is 0. The summed E-state index contributed by atoms with van der Waals surface area (Å²) in [7, 11) is 1.74. The number of nitrogens with zero attached hydrogens (tertiary/aromatic N) is 2. The predicted octanol–water partition coefficient (Wildman–Crippen LogP) is 5.94. The molecule has 164 valence electrons. The number of imide groups is 1. The van der Waals surface area contributed by atoms with E-state index >= 15 is 0 Å². The van der Waals surface area contributed by atoms with Crippen LogP contribution in [0.4, 0.5) is 10.5 Å². The van der Waals surface area contributed by atoms with Gasteiger partial charge in [-0.05, 0) is 29.2 Å². The van der Waals surface area contributed by atoms with Gasteiger partial charge in [0.2, 0.25) is 0 Å². The number of rotatable bonds is 6. The first-order chi connectivity index (χ1) is 15.4. The summed E-state index contributed by atoms with van der Waals surface area (Å²) in [6.45, 7) is 4.69. The Labute approximate surface area is 194 Å². The summed E-state index contributed by atoms with van der Waals surface area (Å²) in [5.41, 5.74) is 2.56. The van der Waals surface area contributed by atoms with E-state index in [9.17, 15) is 9.59 Å². The molecule has 1 aliphatic heterocycles. The van der Waals surface area contributed by atoms with E-state index in [1.54, 1.807) is 23.7 Å². The minimum atomic E-state index is -0.755. The van der Waals surface area contributed by atoms with Crippen molar-refractivity contribution in [2.24, 2.45) is 5.92 Å². The molecule has 0 bridgehead atoms. The largest absolute Gasteiger partial charge is 0.331 e. The second-order valence-corrected chi connectivity index (χ2v) is 9.87. The van der Waals surface area contributed by atoms with E-state index in [1.165, 1.54) is 4.90 Å². The van der Waals surface area contributed by atoms with E-state index in [-0.39, 0.29) is 17.2 Å². The van der Waals surface area contributed by atoms with Gasteiger partial charge in [-0.15, -0.1) is 11.8 Å². The van der Waals surface area contributed by atoms with Crippen LogP contribution in [0.5, 0.6) is 0 Å². The zero-order chi connectivity index (χ0) is 22.7. The third-order valence-electron chi connectivity index (χ3n) is 5.78. The zero-order valence-corrected chi connectivity index (χ0v) is 19.5. The summed E-state index contributed by atoms with van der Waals surface area (Å²) in [6, 6.07) is 28.6. The van der Waals surface area contributed by atoms with Crippen LogP contribution in [0.2, 0.25) is 0 Å². The van der Waals surface area contributed by atoms with E-state index < -0.39 is 4.75 Å². The lowest BCUT2D eigenvalue weighted by Crippen LogP contribution is -2.49. The lowest BCUT2D eigenvalue weighted by Gasteiger charge is -2.30. The minimum absolute atomic E-state index is 0.121. The molecule has 0 spiro atoms. The molecule has 4 nitrogen and oxygen atoms in total. The van der Waals surface area contributed by atoms with Crippen LogP contribution in [0.3, 0.4) is 0 Å². The van der Waals surface area contributed by atoms with Crippen molar-refractivity contribution in [3.8, 4) is 0 Å². The SMILES string of the molecule is CC(C)[C@@H]1S[C@]1(C(=O)N(C(=O)N(C)Cc1ccccc1)c1ccccc1)c1ccccc1. The molecule has 32 heavy (non-hydrogen) atoms. The molecule has 0 aliphatic carbocycles. The van der Waals surface area contributed by atoms with Crippen molar-refractivity contribution in [3.63, 3.8) is 0 Å². The number of anilines is 1. The molecule has 3 amide bonds. The number of thioether (sulfide) groups is 1. The molecule has 0 N–H and O–H groups in total. The second-order valence-electron chi connectivity index (χ2n) is 8.48.